The fraction of sp³-hybridized carbons (Fsp3) is 0.333. The van der Waals surface area contributed by atoms with Crippen LogP contribution in [0.25, 0.3) is 10.9 Å². The fourth-order valence-corrected chi connectivity index (χ4v) is 5.87. The van der Waals surface area contributed by atoms with Crippen LogP contribution >= 0.6 is 15.9 Å². The lowest BCUT2D eigenvalue weighted by Gasteiger charge is -2.36. The summed E-state index contributed by atoms with van der Waals surface area (Å²) in [5.41, 5.74) is 1.31. The quantitative estimate of drug-likeness (QED) is 0.508. The first-order chi connectivity index (χ1) is 16.4. The molecule has 2 aliphatic rings. The van der Waals surface area contributed by atoms with E-state index in [9.17, 15) is 19.5 Å². The van der Waals surface area contributed by atoms with Gasteiger partial charge in [-0.3, -0.25) is 9.59 Å². The first-order valence-electron chi connectivity index (χ1n) is 10.9. The van der Waals surface area contributed by atoms with E-state index in [1.165, 1.54) is 12.0 Å². The standard InChI is InChI=1S/C24H22BrN3O6/c1-33-19(29)13-27-18-8-4-6-16(25)20(18)24(22(27)30)11-9-14(10-12-24)34-21-15-5-2-3-7-17(15)28(26-21)23(31)32/h2-8,14H,9-13H2,1H3,(H,31,32). The minimum atomic E-state index is -1.18. The van der Waals surface area contributed by atoms with Crippen molar-refractivity contribution in [2.24, 2.45) is 0 Å². The number of rotatable bonds is 4. The molecule has 1 aliphatic heterocycles. The predicted octanol–water partition coefficient (Wildman–Crippen LogP) is 4.10. The third-order valence-electron chi connectivity index (χ3n) is 6.73. The molecule has 1 aromatic heterocycles. The number of carbonyl (C=O) groups excluding carboxylic acids is 2. The van der Waals surface area contributed by atoms with E-state index >= 15 is 0 Å². The molecule has 1 N–H and O–H groups in total. The number of methoxy groups -OCH3 is 1. The van der Waals surface area contributed by atoms with Crippen LogP contribution in [0.1, 0.15) is 31.2 Å². The summed E-state index contributed by atoms with van der Waals surface area (Å²) in [4.78, 5) is 38.7. The van der Waals surface area contributed by atoms with Crippen LogP contribution in [-0.4, -0.2) is 52.6 Å². The lowest BCUT2D eigenvalue weighted by atomic mass is 9.69. The van der Waals surface area contributed by atoms with Gasteiger partial charge < -0.3 is 19.5 Å². The van der Waals surface area contributed by atoms with Gasteiger partial charge in [0, 0.05) is 15.7 Å². The van der Waals surface area contributed by atoms with Crippen LogP contribution in [0.5, 0.6) is 5.88 Å². The Bertz CT molecular complexity index is 1310. The van der Waals surface area contributed by atoms with Crippen LogP contribution in [0, 0.1) is 0 Å². The van der Waals surface area contributed by atoms with Gasteiger partial charge in [0.2, 0.25) is 11.8 Å². The Balaban J connectivity index is 1.41. The average Bonchev–Trinajstić information content (AvgIpc) is 3.31. The molecular weight excluding hydrogens is 506 g/mol. The molecule has 1 amide bonds. The van der Waals surface area contributed by atoms with Crippen LogP contribution < -0.4 is 9.64 Å². The minimum absolute atomic E-state index is 0.112. The Kier molecular flexibility index (Phi) is 5.55. The zero-order valence-electron chi connectivity index (χ0n) is 18.4. The molecule has 9 nitrogen and oxygen atoms in total. The van der Waals surface area contributed by atoms with E-state index < -0.39 is 17.5 Å². The number of fused-ring (bicyclic) bond motifs is 3. The highest BCUT2D eigenvalue weighted by atomic mass is 79.9. The number of benzene rings is 2. The molecule has 10 heteroatoms. The van der Waals surface area contributed by atoms with Crippen molar-refractivity contribution in [3.63, 3.8) is 0 Å². The molecule has 0 radical (unpaired) electrons. The zero-order valence-corrected chi connectivity index (χ0v) is 19.9. The van der Waals surface area contributed by atoms with Gasteiger partial charge in [0.1, 0.15) is 12.6 Å². The Labute approximate surface area is 203 Å². The summed E-state index contributed by atoms with van der Waals surface area (Å²) in [6.07, 6.45) is 0.805. The van der Waals surface area contributed by atoms with E-state index in [4.69, 9.17) is 9.47 Å². The Morgan fingerprint density at radius 2 is 1.91 bits per heavy atom. The van der Waals surface area contributed by atoms with Crippen molar-refractivity contribution in [3.8, 4) is 5.88 Å². The number of nitrogens with zero attached hydrogens (tertiary/aromatic N) is 3. The summed E-state index contributed by atoms with van der Waals surface area (Å²) < 4.78 is 12.7. The molecule has 3 aromatic rings. The van der Waals surface area contributed by atoms with Crippen molar-refractivity contribution in [1.82, 2.24) is 9.78 Å². The minimum Gasteiger partial charge on any atom is -0.473 e. The van der Waals surface area contributed by atoms with E-state index in [0.29, 0.717) is 36.6 Å². The third-order valence-corrected chi connectivity index (χ3v) is 7.39. The third kappa shape index (κ3) is 3.44. The van der Waals surface area contributed by atoms with Crippen LogP contribution in [0.2, 0.25) is 0 Å². The van der Waals surface area contributed by atoms with Crippen molar-refractivity contribution in [2.75, 3.05) is 18.6 Å². The monoisotopic (exact) mass is 527 g/mol. The highest BCUT2D eigenvalue weighted by molar-refractivity contribution is 9.10. The van der Waals surface area contributed by atoms with Crippen molar-refractivity contribution < 1.29 is 29.0 Å². The molecule has 1 spiro atoms. The van der Waals surface area contributed by atoms with Gasteiger partial charge in [0.15, 0.2) is 0 Å². The number of aromatic nitrogens is 2. The lowest BCUT2D eigenvalue weighted by Crippen LogP contribution is -2.46. The molecule has 34 heavy (non-hydrogen) atoms. The van der Waals surface area contributed by atoms with E-state index in [-0.39, 0.29) is 24.4 Å². The topological polar surface area (TPSA) is 111 Å². The number of hydrogen-bond acceptors (Lipinski definition) is 6. The maximum absolute atomic E-state index is 13.6. The van der Waals surface area contributed by atoms with Gasteiger partial charge >= 0.3 is 12.1 Å². The largest absolute Gasteiger partial charge is 0.473 e. The molecule has 176 valence electrons. The first-order valence-corrected chi connectivity index (χ1v) is 11.7. The predicted molar refractivity (Wildman–Crippen MR) is 126 cm³/mol. The van der Waals surface area contributed by atoms with E-state index in [1.54, 1.807) is 24.3 Å². The SMILES string of the molecule is COC(=O)CN1C(=O)C2(CCC(Oc3nn(C(=O)O)c4ccccc34)CC2)c2c(Br)cccc21. The van der Waals surface area contributed by atoms with Crippen LogP contribution in [0.4, 0.5) is 10.5 Å². The number of para-hydroxylation sites is 1. The van der Waals surface area contributed by atoms with Crippen molar-refractivity contribution in [2.45, 2.75) is 37.2 Å². The average molecular weight is 528 g/mol. The van der Waals surface area contributed by atoms with Crippen LogP contribution in [0.15, 0.2) is 46.9 Å². The van der Waals surface area contributed by atoms with Crippen LogP contribution in [-0.2, 0) is 19.7 Å². The highest BCUT2D eigenvalue weighted by Gasteiger charge is 2.53. The van der Waals surface area contributed by atoms with Gasteiger partial charge in [0.05, 0.1) is 23.4 Å². The van der Waals surface area contributed by atoms with Crippen molar-refractivity contribution in [3.05, 3.63) is 52.5 Å². The number of hydrogen-bond donors (Lipinski definition) is 1. The fourth-order valence-electron chi connectivity index (χ4n) is 5.13. The molecule has 0 saturated heterocycles. The highest BCUT2D eigenvalue weighted by Crippen LogP contribution is 2.53. The summed E-state index contributed by atoms with van der Waals surface area (Å²) in [6.45, 7) is -0.140. The van der Waals surface area contributed by atoms with Gasteiger partial charge in [-0.25, -0.2) is 4.79 Å². The Hall–Kier alpha value is -3.40. The van der Waals surface area contributed by atoms with Gasteiger partial charge in [-0.2, -0.15) is 4.68 Å². The van der Waals surface area contributed by atoms with Crippen molar-refractivity contribution >= 4 is 50.5 Å². The Morgan fingerprint density at radius 3 is 2.62 bits per heavy atom. The lowest BCUT2D eigenvalue weighted by molar-refractivity contribution is -0.140. The molecule has 2 heterocycles. The number of carbonyl (C=O) groups is 3. The van der Waals surface area contributed by atoms with Gasteiger partial charge in [-0.1, -0.05) is 34.1 Å². The number of esters is 1. The van der Waals surface area contributed by atoms with E-state index in [1.807, 2.05) is 18.2 Å². The molecule has 0 unspecified atom stereocenters. The summed E-state index contributed by atoms with van der Waals surface area (Å²) in [5, 5.41) is 14.2. The second-order valence-corrected chi connectivity index (χ2v) is 9.37. The maximum atomic E-state index is 13.6. The summed E-state index contributed by atoms with van der Waals surface area (Å²) >= 11 is 3.61. The summed E-state index contributed by atoms with van der Waals surface area (Å²) in [5.74, 6) is -0.321. The Morgan fingerprint density at radius 1 is 1.18 bits per heavy atom. The molecule has 0 bridgehead atoms. The van der Waals surface area contributed by atoms with E-state index in [2.05, 4.69) is 21.0 Å². The first kappa shape index (κ1) is 22.4. The molecule has 0 atom stereocenters. The van der Waals surface area contributed by atoms with Gasteiger partial charge in [-0.05, 0) is 49.9 Å². The molecule has 1 aliphatic carbocycles. The van der Waals surface area contributed by atoms with Gasteiger partial charge in [0.25, 0.3) is 0 Å². The summed E-state index contributed by atoms with van der Waals surface area (Å²) in [7, 11) is 1.30. The van der Waals surface area contributed by atoms with Gasteiger partial charge in [-0.15, -0.1) is 5.10 Å². The number of carboxylic acid groups (broad SMARTS) is 1. The molecule has 1 fully saturated rings. The molecule has 5 rings (SSSR count). The maximum Gasteiger partial charge on any atom is 0.432 e. The number of halogens is 1. The second kappa shape index (κ2) is 8.43. The molecular formula is C24H22BrN3O6. The smallest absolute Gasteiger partial charge is 0.432 e. The molecule has 1 saturated carbocycles. The zero-order chi connectivity index (χ0) is 24.0. The molecule has 2 aromatic carbocycles. The van der Waals surface area contributed by atoms with E-state index in [0.717, 1.165) is 20.4 Å². The number of anilines is 1. The number of amides is 1. The number of ether oxygens (including phenoxy) is 2. The van der Waals surface area contributed by atoms with Crippen LogP contribution in [0.3, 0.4) is 0 Å². The van der Waals surface area contributed by atoms with Crippen molar-refractivity contribution in [1.29, 1.82) is 0 Å². The second-order valence-electron chi connectivity index (χ2n) is 8.52. The summed E-state index contributed by atoms with van der Waals surface area (Å²) in [6, 6.07) is 12.6. The normalized spacial score (nSPS) is 21.6.